The normalized spacial score (nSPS) is 18.2. The van der Waals surface area contributed by atoms with Crippen LogP contribution in [0.15, 0.2) is 4.99 Å². The summed E-state index contributed by atoms with van der Waals surface area (Å²) in [6.07, 6.45) is 3.11. The number of hydrogen-bond acceptors (Lipinski definition) is 1. The summed E-state index contributed by atoms with van der Waals surface area (Å²) in [5.41, 5.74) is 0. The minimum atomic E-state index is 0.500. The van der Waals surface area contributed by atoms with Gasteiger partial charge in [0.15, 0.2) is 0 Å². The van der Waals surface area contributed by atoms with Crippen molar-refractivity contribution >= 4 is 6.21 Å². The van der Waals surface area contributed by atoms with Crippen molar-refractivity contribution in [2.75, 3.05) is 0 Å². The molecule has 0 heterocycles. The van der Waals surface area contributed by atoms with E-state index in [1.807, 2.05) is 13.1 Å². The number of hydrogen-bond donors (Lipinski definition) is 0. The molecule has 0 aliphatic heterocycles. The molecule has 1 nitrogen and oxygen atoms in total. The van der Waals surface area contributed by atoms with Crippen molar-refractivity contribution in [2.45, 2.75) is 40.2 Å². The van der Waals surface area contributed by atoms with Crippen LogP contribution in [0.3, 0.4) is 0 Å². The second-order valence-electron chi connectivity index (χ2n) is 2.53. The Kier molecular flexibility index (Phi) is 4.37. The molecule has 0 N–H and O–H groups in total. The van der Waals surface area contributed by atoms with E-state index < -0.39 is 0 Å². The highest BCUT2D eigenvalue weighted by atomic mass is 14.8. The van der Waals surface area contributed by atoms with Gasteiger partial charge < -0.3 is 0 Å². The molecule has 0 spiro atoms. The first-order chi connectivity index (χ1) is 4.22. The first kappa shape index (κ1) is 8.67. The van der Waals surface area contributed by atoms with Crippen molar-refractivity contribution < 1.29 is 0 Å². The lowest BCUT2D eigenvalue weighted by Gasteiger charge is -2.12. The maximum Gasteiger partial charge on any atom is 0.0492 e. The van der Waals surface area contributed by atoms with Crippen molar-refractivity contribution in [2.24, 2.45) is 10.9 Å². The fraction of sp³-hybridized carbons (Fsp3) is 0.875. The molecule has 0 amide bonds. The molecule has 0 radical (unpaired) electrons. The molecule has 54 valence electrons. The van der Waals surface area contributed by atoms with Crippen LogP contribution in [-0.2, 0) is 0 Å². The van der Waals surface area contributed by atoms with E-state index in [9.17, 15) is 0 Å². The van der Waals surface area contributed by atoms with Gasteiger partial charge in [0.1, 0.15) is 0 Å². The zero-order chi connectivity index (χ0) is 7.28. The first-order valence-electron chi connectivity index (χ1n) is 3.70. The maximum absolute atomic E-state index is 4.27. The molecule has 0 aromatic rings. The summed E-state index contributed by atoms with van der Waals surface area (Å²) in [7, 11) is 0. The molecule has 0 fully saturated rings. The molecule has 9 heavy (non-hydrogen) atoms. The fourth-order valence-electron chi connectivity index (χ4n) is 0.723. The average Bonchev–Trinajstić information content (AvgIpc) is 1.87. The Morgan fingerprint density at radius 1 is 1.44 bits per heavy atom. The highest BCUT2D eigenvalue weighted by molar-refractivity contribution is 5.53. The smallest absolute Gasteiger partial charge is 0.0492 e. The standard InChI is InChI=1S/C8H17N/c1-5-7(3)8(4)9-6-2/h6-8H,5H2,1-4H3/t7-,8-/m0/s1. The molecular formula is C8H17N. The topological polar surface area (TPSA) is 12.4 Å². The van der Waals surface area contributed by atoms with Crippen LogP contribution in [0.25, 0.3) is 0 Å². The third-order valence-electron chi connectivity index (χ3n) is 1.85. The van der Waals surface area contributed by atoms with Gasteiger partial charge in [-0.2, -0.15) is 0 Å². The van der Waals surface area contributed by atoms with Crippen molar-refractivity contribution in [1.29, 1.82) is 0 Å². The SMILES string of the molecule is CC=N[C@@H](C)[C@@H](C)CC. The Morgan fingerprint density at radius 2 is 2.00 bits per heavy atom. The van der Waals surface area contributed by atoms with E-state index in [0.29, 0.717) is 6.04 Å². The molecule has 0 aromatic carbocycles. The molecule has 0 aliphatic rings. The van der Waals surface area contributed by atoms with E-state index in [4.69, 9.17) is 0 Å². The van der Waals surface area contributed by atoms with Crippen LogP contribution in [-0.4, -0.2) is 12.3 Å². The summed E-state index contributed by atoms with van der Waals surface area (Å²) in [5, 5.41) is 0. The summed E-state index contributed by atoms with van der Waals surface area (Å²) < 4.78 is 0. The minimum absolute atomic E-state index is 0.500. The van der Waals surface area contributed by atoms with Gasteiger partial charge in [-0.3, -0.25) is 4.99 Å². The van der Waals surface area contributed by atoms with E-state index in [-0.39, 0.29) is 0 Å². The van der Waals surface area contributed by atoms with Gasteiger partial charge in [0.25, 0.3) is 0 Å². The Hall–Kier alpha value is -0.330. The highest BCUT2D eigenvalue weighted by Gasteiger charge is 2.05. The van der Waals surface area contributed by atoms with E-state index in [1.165, 1.54) is 6.42 Å². The van der Waals surface area contributed by atoms with Crippen molar-refractivity contribution in [3.63, 3.8) is 0 Å². The minimum Gasteiger partial charge on any atom is -0.295 e. The van der Waals surface area contributed by atoms with E-state index in [0.717, 1.165) is 5.92 Å². The molecule has 0 saturated carbocycles. The second kappa shape index (κ2) is 4.54. The van der Waals surface area contributed by atoms with E-state index >= 15 is 0 Å². The molecule has 0 rings (SSSR count). The van der Waals surface area contributed by atoms with Crippen LogP contribution in [0.4, 0.5) is 0 Å². The Balaban J connectivity index is 3.58. The largest absolute Gasteiger partial charge is 0.295 e. The van der Waals surface area contributed by atoms with Gasteiger partial charge in [-0.05, 0) is 26.0 Å². The van der Waals surface area contributed by atoms with Gasteiger partial charge in [0, 0.05) is 6.04 Å². The Morgan fingerprint density at radius 3 is 2.33 bits per heavy atom. The zero-order valence-electron chi connectivity index (χ0n) is 6.89. The lowest BCUT2D eigenvalue weighted by molar-refractivity contribution is 0.473. The Bertz CT molecular complexity index is 86.6. The van der Waals surface area contributed by atoms with Crippen LogP contribution in [0, 0.1) is 5.92 Å². The van der Waals surface area contributed by atoms with Crippen LogP contribution in [0.5, 0.6) is 0 Å². The van der Waals surface area contributed by atoms with Gasteiger partial charge in [0.05, 0.1) is 0 Å². The second-order valence-corrected chi connectivity index (χ2v) is 2.53. The molecule has 2 atom stereocenters. The quantitative estimate of drug-likeness (QED) is 0.516. The van der Waals surface area contributed by atoms with Gasteiger partial charge in [-0.1, -0.05) is 20.3 Å². The first-order valence-corrected chi connectivity index (χ1v) is 3.70. The average molecular weight is 127 g/mol. The Labute approximate surface area is 58.2 Å². The lowest BCUT2D eigenvalue weighted by Crippen LogP contribution is -2.09. The fourth-order valence-corrected chi connectivity index (χ4v) is 0.723. The van der Waals surface area contributed by atoms with Gasteiger partial charge in [-0.15, -0.1) is 0 Å². The molecule has 0 saturated heterocycles. The van der Waals surface area contributed by atoms with Crippen molar-refractivity contribution in [3.8, 4) is 0 Å². The molecular weight excluding hydrogens is 110 g/mol. The number of nitrogens with zero attached hydrogens (tertiary/aromatic N) is 1. The summed E-state index contributed by atoms with van der Waals surface area (Å²) in [5.74, 6) is 0.723. The molecule has 1 heteroatoms. The van der Waals surface area contributed by atoms with Gasteiger partial charge in [-0.25, -0.2) is 0 Å². The lowest BCUT2D eigenvalue weighted by atomic mass is 10.0. The van der Waals surface area contributed by atoms with Crippen LogP contribution >= 0.6 is 0 Å². The third kappa shape index (κ3) is 3.28. The summed E-state index contributed by atoms with van der Waals surface area (Å²) in [6, 6.07) is 0.500. The number of rotatable bonds is 3. The molecule has 0 aromatic heterocycles. The van der Waals surface area contributed by atoms with E-state index in [1.54, 1.807) is 0 Å². The zero-order valence-corrected chi connectivity index (χ0v) is 6.89. The molecule has 0 unspecified atom stereocenters. The molecule has 0 bridgehead atoms. The van der Waals surface area contributed by atoms with E-state index in [2.05, 4.69) is 25.8 Å². The van der Waals surface area contributed by atoms with Crippen molar-refractivity contribution in [3.05, 3.63) is 0 Å². The molecule has 0 aliphatic carbocycles. The maximum atomic E-state index is 4.27. The van der Waals surface area contributed by atoms with Crippen LogP contribution < -0.4 is 0 Å². The summed E-state index contributed by atoms with van der Waals surface area (Å²) >= 11 is 0. The van der Waals surface area contributed by atoms with Crippen LogP contribution in [0.1, 0.15) is 34.1 Å². The van der Waals surface area contributed by atoms with Crippen molar-refractivity contribution in [1.82, 2.24) is 0 Å². The highest BCUT2D eigenvalue weighted by Crippen LogP contribution is 2.09. The summed E-state index contributed by atoms with van der Waals surface area (Å²) in [6.45, 7) is 8.57. The van der Waals surface area contributed by atoms with Gasteiger partial charge >= 0.3 is 0 Å². The third-order valence-corrected chi connectivity index (χ3v) is 1.85. The summed E-state index contributed by atoms with van der Waals surface area (Å²) in [4.78, 5) is 4.27. The number of aliphatic imine (C=N–C) groups is 1. The monoisotopic (exact) mass is 127 g/mol. The predicted octanol–water partition coefficient (Wildman–Crippen LogP) is 2.51. The van der Waals surface area contributed by atoms with Crippen LogP contribution in [0.2, 0.25) is 0 Å². The van der Waals surface area contributed by atoms with Gasteiger partial charge in [0.2, 0.25) is 0 Å². The predicted molar refractivity (Wildman–Crippen MR) is 43.1 cm³/mol.